The molecular formula is C21H21N2O4-. The van der Waals surface area contributed by atoms with E-state index in [2.05, 4.69) is 5.32 Å². The molecule has 0 spiro atoms. The van der Waals surface area contributed by atoms with Gasteiger partial charge in [-0.2, -0.15) is 0 Å². The average molecular weight is 365 g/mol. The first-order valence-corrected chi connectivity index (χ1v) is 8.97. The Morgan fingerprint density at radius 3 is 2.30 bits per heavy atom. The third-order valence-electron chi connectivity index (χ3n) is 4.73. The molecule has 0 radical (unpaired) electrons. The Morgan fingerprint density at radius 1 is 1.04 bits per heavy atom. The van der Waals surface area contributed by atoms with Crippen LogP contribution in [-0.2, 0) is 16.0 Å². The van der Waals surface area contributed by atoms with Crippen molar-refractivity contribution in [1.29, 1.82) is 0 Å². The molecule has 1 saturated heterocycles. The number of amides is 2. The third kappa shape index (κ3) is 4.53. The van der Waals surface area contributed by atoms with Gasteiger partial charge in [0, 0.05) is 18.5 Å². The molecular weight excluding hydrogens is 344 g/mol. The van der Waals surface area contributed by atoms with Crippen LogP contribution in [0.5, 0.6) is 0 Å². The second-order valence-corrected chi connectivity index (χ2v) is 6.59. The number of likely N-dealkylation sites (tertiary alicyclic amines) is 1. The van der Waals surface area contributed by atoms with E-state index < -0.39 is 24.0 Å². The van der Waals surface area contributed by atoms with Crippen molar-refractivity contribution in [3.8, 4) is 0 Å². The van der Waals surface area contributed by atoms with Crippen LogP contribution >= 0.6 is 0 Å². The molecule has 27 heavy (non-hydrogen) atoms. The van der Waals surface area contributed by atoms with Gasteiger partial charge >= 0.3 is 0 Å². The molecule has 0 aromatic heterocycles. The summed E-state index contributed by atoms with van der Waals surface area (Å²) in [7, 11) is 0. The normalized spacial score (nSPS) is 17.3. The van der Waals surface area contributed by atoms with Gasteiger partial charge < -0.3 is 20.1 Å². The fraction of sp³-hybridized carbons (Fsp3) is 0.286. The Bertz CT molecular complexity index is 807. The zero-order valence-corrected chi connectivity index (χ0v) is 14.8. The molecule has 0 saturated carbocycles. The molecule has 6 nitrogen and oxygen atoms in total. The number of carbonyl (C=O) groups is 3. The summed E-state index contributed by atoms with van der Waals surface area (Å²) in [6.07, 6.45) is 1.27. The SMILES string of the molecule is O=C(N[C@H](Cc1ccccc1)C(=O)N1CCC[C@H]1C(=O)[O-])c1ccccc1. The van der Waals surface area contributed by atoms with Crippen molar-refractivity contribution in [2.75, 3.05) is 6.54 Å². The van der Waals surface area contributed by atoms with Crippen LogP contribution in [0.2, 0.25) is 0 Å². The summed E-state index contributed by atoms with van der Waals surface area (Å²) in [6.45, 7) is 0.351. The highest BCUT2D eigenvalue weighted by Crippen LogP contribution is 2.19. The number of benzene rings is 2. The molecule has 1 heterocycles. The fourth-order valence-corrected chi connectivity index (χ4v) is 3.36. The average Bonchev–Trinajstić information content (AvgIpc) is 3.18. The number of carboxylic acids is 1. The van der Waals surface area contributed by atoms with Gasteiger partial charge in [-0.25, -0.2) is 0 Å². The van der Waals surface area contributed by atoms with Crippen LogP contribution in [-0.4, -0.2) is 41.3 Å². The van der Waals surface area contributed by atoms with Gasteiger partial charge in [0.1, 0.15) is 6.04 Å². The van der Waals surface area contributed by atoms with Crippen LogP contribution in [0.3, 0.4) is 0 Å². The summed E-state index contributed by atoms with van der Waals surface area (Å²) in [5, 5.41) is 14.1. The van der Waals surface area contributed by atoms with Crippen LogP contribution in [0.25, 0.3) is 0 Å². The Kier molecular flexibility index (Phi) is 5.86. The van der Waals surface area contributed by atoms with Crippen molar-refractivity contribution in [2.45, 2.75) is 31.3 Å². The monoisotopic (exact) mass is 365 g/mol. The Hall–Kier alpha value is -3.15. The second kappa shape index (κ2) is 8.49. The highest BCUT2D eigenvalue weighted by atomic mass is 16.4. The lowest BCUT2D eigenvalue weighted by Gasteiger charge is -2.30. The number of hydrogen-bond acceptors (Lipinski definition) is 4. The van der Waals surface area contributed by atoms with E-state index in [1.54, 1.807) is 30.3 Å². The van der Waals surface area contributed by atoms with E-state index in [9.17, 15) is 19.5 Å². The number of carboxylic acid groups (broad SMARTS) is 1. The maximum absolute atomic E-state index is 13.1. The first-order chi connectivity index (χ1) is 13.1. The van der Waals surface area contributed by atoms with E-state index in [0.29, 0.717) is 24.9 Å². The van der Waals surface area contributed by atoms with E-state index in [0.717, 1.165) is 5.56 Å². The number of carbonyl (C=O) groups excluding carboxylic acids is 3. The van der Waals surface area contributed by atoms with Crippen molar-refractivity contribution >= 4 is 17.8 Å². The Balaban J connectivity index is 1.81. The minimum absolute atomic E-state index is 0.286. The van der Waals surface area contributed by atoms with Crippen LogP contribution < -0.4 is 10.4 Å². The van der Waals surface area contributed by atoms with E-state index in [-0.39, 0.29) is 12.3 Å². The van der Waals surface area contributed by atoms with E-state index in [1.807, 2.05) is 30.3 Å². The Labute approximate surface area is 157 Å². The molecule has 140 valence electrons. The molecule has 0 bridgehead atoms. The molecule has 0 unspecified atom stereocenters. The van der Waals surface area contributed by atoms with Crippen LogP contribution in [0.4, 0.5) is 0 Å². The van der Waals surface area contributed by atoms with Gasteiger partial charge in [0.25, 0.3) is 5.91 Å². The predicted molar refractivity (Wildman–Crippen MR) is 97.6 cm³/mol. The lowest BCUT2D eigenvalue weighted by atomic mass is 10.0. The molecule has 0 aliphatic carbocycles. The minimum Gasteiger partial charge on any atom is -0.548 e. The maximum atomic E-state index is 13.1. The van der Waals surface area contributed by atoms with E-state index in [4.69, 9.17) is 0 Å². The number of aliphatic carboxylic acids is 1. The molecule has 1 aliphatic heterocycles. The van der Waals surface area contributed by atoms with Gasteiger partial charge in [0.2, 0.25) is 5.91 Å². The van der Waals surface area contributed by atoms with E-state index >= 15 is 0 Å². The van der Waals surface area contributed by atoms with Crippen LogP contribution in [0.15, 0.2) is 60.7 Å². The summed E-state index contributed by atoms with van der Waals surface area (Å²) in [5.74, 6) is -2.02. The van der Waals surface area contributed by atoms with Gasteiger partial charge in [0.15, 0.2) is 0 Å². The summed E-state index contributed by atoms with van der Waals surface area (Å²) in [4.78, 5) is 38.3. The molecule has 1 aliphatic rings. The largest absolute Gasteiger partial charge is 0.548 e. The fourth-order valence-electron chi connectivity index (χ4n) is 3.36. The number of rotatable bonds is 6. The lowest BCUT2D eigenvalue weighted by molar-refractivity contribution is -0.310. The van der Waals surface area contributed by atoms with Crippen molar-refractivity contribution in [1.82, 2.24) is 10.2 Å². The van der Waals surface area contributed by atoms with Gasteiger partial charge in [-0.1, -0.05) is 48.5 Å². The van der Waals surface area contributed by atoms with Crippen molar-refractivity contribution in [2.24, 2.45) is 0 Å². The highest BCUT2D eigenvalue weighted by molar-refractivity contribution is 5.98. The van der Waals surface area contributed by atoms with Crippen molar-refractivity contribution in [3.05, 3.63) is 71.8 Å². The first kappa shape index (κ1) is 18.6. The smallest absolute Gasteiger partial charge is 0.251 e. The lowest BCUT2D eigenvalue weighted by Crippen LogP contribution is -2.54. The number of hydrogen-bond donors (Lipinski definition) is 1. The molecule has 2 aromatic rings. The predicted octanol–water partition coefficient (Wildman–Crippen LogP) is 0.769. The Morgan fingerprint density at radius 2 is 1.67 bits per heavy atom. The molecule has 2 aromatic carbocycles. The van der Waals surface area contributed by atoms with Gasteiger partial charge in [-0.3, -0.25) is 9.59 Å². The first-order valence-electron chi connectivity index (χ1n) is 8.97. The third-order valence-corrected chi connectivity index (χ3v) is 4.73. The van der Waals surface area contributed by atoms with Crippen LogP contribution in [0, 0.1) is 0 Å². The minimum atomic E-state index is -1.26. The maximum Gasteiger partial charge on any atom is 0.251 e. The van der Waals surface area contributed by atoms with Crippen LogP contribution in [0.1, 0.15) is 28.8 Å². The molecule has 3 rings (SSSR count). The second-order valence-electron chi connectivity index (χ2n) is 6.59. The summed E-state index contributed by atoms with van der Waals surface area (Å²) < 4.78 is 0. The molecule has 6 heteroatoms. The summed E-state index contributed by atoms with van der Waals surface area (Å²) in [5.41, 5.74) is 1.33. The molecule has 1 N–H and O–H groups in total. The highest BCUT2D eigenvalue weighted by Gasteiger charge is 2.34. The van der Waals surface area contributed by atoms with Gasteiger partial charge in [-0.15, -0.1) is 0 Å². The zero-order valence-electron chi connectivity index (χ0n) is 14.8. The quantitative estimate of drug-likeness (QED) is 0.819. The van der Waals surface area contributed by atoms with E-state index in [1.165, 1.54) is 4.90 Å². The molecule has 2 amide bonds. The van der Waals surface area contributed by atoms with Gasteiger partial charge in [-0.05, 0) is 30.5 Å². The van der Waals surface area contributed by atoms with Gasteiger partial charge in [0.05, 0.1) is 12.0 Å². The zero-order chi connectivity index (χ0) is 19.2. The number of nitrogens with one attached hydrogen (secondary N) is 1. The van der Waals surface area contributed by atoms with Crippen molar-refractivity contribution < 1.29 is 19.5 Å². The summed E-state index contributed by atoms with van der Waals surface area (Å²) in [6, 6.07) is 16.2. The van der Waals surface area contributed by atoms with Crippen molar-refractivity contribution in [3.63, 3.8) is 0 Å². The summed E-state index contributed by atoms with van der Waals surface area (Å²) >= 11 is 0. The topological polar surface area (TPSA) is 89.5 Å². The standard InChI is InChI=1S/C21H22N2O4/c24-19(16-10-5-2-6-11-16)22-17(14-15-8-3-1-4-9-15)20(25)23-13-7-12-18(23)21(26)27/h1-6,8-11,17-18H,7,12-14H2,(H,22,24)(H,26,27)/p-1/t17-,18+/m1/s1. The number of nitrogens with zero attached hydrogens (tertiary/aromatic N) is 1. The molecule has 2 atom stereocenters. The molecule has 1 fully saturated rings.